The van der Waals surface area contributed by atoms with E-state index in [0.717, 1.165) is 24.9 Å². The Hall–Kier alpha value is -1.39. The van der Waals surface area contributed by atoms with Gasteiger partial charge in [0.15, 0.2) is 0 Å². The predicted octanol–water partition coefficient (Wildman–Crippen LogP) is 0.917. The highest BCUT2D eigenvalue weighted by Gasteiger charge is 2.27. The van der Waals surface area contributed by atoms with Gasteiger partial charge < -0.3 is 15.7 Å². The lowest BCUT2D eigenvalue weighted by atomic mass is 9.97. The maximum absolute atomic E-state index is 12.3. The Morgan fingerprint density at radius 2 is 2.17 bits per heavy atom. The fourth-order valence-corrected chi connectivity index (χ4v) is 2.41. The molecule has 1 amide bonds. The van der Waals surface area contributed by atoms with Gasteiger partial charge in [-0.05, 0) is 24.3 Å². The largest absolute Gasteiger partial charge is 0.396 e. The number of amides is 1. The van der Waals surface area contributed by atoms with Gasteiger partial charge in [0.05, 0.1) is 0 Å². The van der Waals surface area contributed by atoms with Crippen LogP contribution in [0.15, 0.2) is 30.3 Å². The van der Waals surface area contributed by atoms with Gasteiger partial charge in [0.1, 0.15) is 6.04 Å². The number of hydrogen-bond acceptors (Lipinski definition) is 3. The van der Waals surface area contributed by atoms with E-state index in [-0.39, 0.29) is 18.4 Å². The van der Waals surface area contributed by atoms with Crippen LogP contribution >= 0.6 is 0 Å². The highest BCUT2D eigenvalue weighted by molar-refractivity contribution is 5.83. The number of carbonyl (C=O) groups is 1. The number of aliphatic hydroxyl groups excluding tert-OH is 1. The van der Waals surface area contributed by atoms with Gasteiger partial charge in [0.2, 0.25) is 5.91 Å². The first-order valence-corrected chi connectivity index (χ1v) is 6.42. The molecule has 1 heterocycles. The summed E-state index contributed by atoms with van der Waals surface area (Å²) in [5, 5.41) is 9.18. The number of nitrogens with zero attached hydrogens (tertiary/aromatic N) is 1. The molecule has 1 aromatic rings. The zero-order valence-corrected chi connectivity index (χ0v) is 10.5. The number of piperidine rings is 1. The molecule has 98 valence electrons. The molecule has 1 saturated heterocycles. The van der Waals surface area contributed by atoms with Gasteiger partial charge in [-0.25, -0.2) is 0 Å². The zero-order valence-electron chi connectivity index (χ0n) is 10.5. The van der Waals surface area contributed by atoms with Crippen molar-refractivity contribution in [1.29, 1.82) is 0 Å². The van der Waals surface area contributed by atoms with Crippen molar-refractivity contribution in [3.05, 3.63) is 35.9 Å². The summed E-state index contributed by atoms with van der Waals surface area (Å²) >= 11 is 0. The number of likely N-dealkylation sites (tertiary alicyclic amines) is 1. The van der Waals surface area contributed by atoms with E-state index in [2.05, 4.69) is 0 Å². The third kappa shape index (κ3) is 2.89. The van der Waals surface area contributed by atoms with Crippen molar-refractivity contribution in [2.45, 2.75) is 18.9 Å². The Morgan fingerprint density at radius 1 is 1.44 bits per heavy atom. The molecule has 2 rings (SSSR count). The van der Waals surface area contributed by atoms with Crippen LogP contribution in [0, 0.1) is 5.92 Å². The van der Waals surface area contributed by atoms with Gasteiger partial charge in [0, 0.05) is 19.7 Å². The average Bonchev–Trinajstić information content (AvgIpc) is 2.46. The Labute approximate surface area is 107 Å². The number of aliphatic hydroxyl groups is 1. The molecular formula is C14H20N2O2. The number of nitrogens with two attached hydrogens (primary N) is 1. The molecule has 1 aliphatic rings. The molecule has 0 spiro atoms. The summed E-state index contributed by atoms with van der Waals surface area (Å²) in [6.45, 7) is 1.51. The molecule has 4 nitrogen and oxygen atoms in total. The van der Waals surface area contributed by atoms with Crippen LogP contribution in [-0.2, 0) is 4.79 Å². The summed E-state index contributed by atoms with van der Waals surface area (Å²) in [4.78, 5) is 14.1. The highest BCUT2D eigenvalue weighted by atomic mass is 16.3. The van der Waals surface area contributed by atoms with E-state index in [1.54, 1.807) is 4.90 Å². The second-order valence-corrected chi connectivity index (χ2v) is 4.86. The summed E-state index contributed by atoms with van der Waals surface area (Å²) < 4.78 is 0. The fraction of sp³-hybridized carbons (Fsp3) is 0.500. The number of carbonyl (C=O) groups excluding carboxylic acids is 1. The second-order valence-electron chi connectivity index (χ2n) is 4.86. The lowest BCUT2D eigenvalue weighted by Gasteiger charge is -2.33. The number of hydrogen-bond donors (Lipinski definition) is 2. The van der Waals surface area contributed by atoms with Crippen molar-refractivity contribution in [2.75, 3.05) is 19.7 Å². The molecule has 3 N–H and O–H groups in total. The molecule has 4 heteroatoms. The molecule has 0 radical (unpaired) electrons. The first-order valence-electron chi connectivity index (χ1n) is 6.42. The molecule has 1 aliphatic heterocycles. The van der Waals surface area contributed by atoms with Crippen molar-refractivity contribution >= 4 is 5.91 Å². The van der Waals surface area contributed by atoms with Crippen LogP contribution in [0.1, 0.15) is 24.4 Å². The molecular weight excluding hydrogens is 228 g/mol. The second kappa shape index (κ2) is 5.98. The van der Waals surface area contributed by atoms with Crippen LogP contribution in [-0.4, -0.2) is 35.6 Å². The van der Waals surface area contributed by atoms with Crippen LogP contribution in [0.5, 0.6) is 0 Å². The third-order valence-corrected chi connectivity index (χ3v) is 3.51. The molecule has 2 unspecified atom stereocenters. The van der Waals surface area contributed by atoms with Crippen molar-refractivity contribution in [1.82, 2.24) is 4.90 Å². The number of benzene rings is 1. The van der Waals surface area contributed by atoms with Crippen molar-refractivity contribution in [3.63, 3.8) is 0 Å². The molecule has 1 aromatic carbocycles. The molecule has 0 saturated carbocycles. The Bertz CT molecular complexity index is 394. The Morgan fingerprint density at radius 3 is 2.83 bits per heavy atom. The minimum absolute atomic E-state index is 0.0423. The minimum Gasteiger partial charge on any atom is -0.396 e. The van der Waals surface area contributed by atoms with Crippen LogP contribution in [0.2, 0.25) is 0 Å². The van der Waals surface area contributed by atoms with E-state index in [1.165, 1.54) is 0 Å². The standard InChI is InChI=1S/C14H20N2O2/c15-13(12-6-2-1-3-7-12)14(18)16-8-4-5-11(9-16)10-17/h1-3,6-7,11,13,17H,4-5,8-10,15H2. The summed E-state index contributed by atoms with van der Waals surface area (Å²) in [7, 11) is 0. The maximum Gasteiger partial charge on any atom is 0.244 e. The smallest absolute Gasteiger partial charge is 0.244 e. The predicted molar refractivity (Wildman–Crippen MR) is 69.8 cm³/mol. The first kappa shape index (κ1) is 13.1. The number of rotatable bonds is 3. The van der Waals surface area contributed by atoms with E-state index >= 15 is 0 Å². The molecule has 1 fully saturated rings. The maximum atomic E-state index is 12.3. The SMILES string of the molecule is NC(C(=O)N1CCCC(CO)C1)c1ccccc1. The van der Waals surface area contributed by atoms with Crippen molar-refractivity contribution in [3.8, 4) is 0 Å². The van der Waals surface area contributed by atoms with Crippen LogP contribution in [0.4, 0.5) is 0 Å². The van der Waals surface area contributed by atoms with Gasteiger partial charge in [-0.3, -0.25) is 4.79 Å². The summed E-state index contributed by atoms with van der Waals surface area (Å²) in [5.74, 6) is 0.157. The highest BCUT2D eigenvalue weighted by Crippen LogP contribution is 2.20. The summed E-state index contributed by atoms with van der Waals surface area (Å²) in [6.07, 6.45) is 1.93. The van der Waals surface area contributed by atoms with E-state index < -0.39 is 6.04 Å². The molecule has 2 atom stereocenters. The molecule has 0 aromatic heterocycles. The van der Waals surface area contributed by atoms with Crippen LogP contribution < -0.4 is 5.73 Å². The third-order valence-electron chi connectivity index (χ3n) is 3.51. The average molecular weight is 248 g/mol. The monoisotopic (exact) mass is 248 g/mol. The first-order chi connectivity index (χ1) is 8.72. The van der Waals surface area contributed by atoms with Gasteiger partial charge in [-0.2, -0.15) is 0 Å². The molecule has 18 heavy (non-hydrogen) atoms. The summed E-state index contributed by atoms with van der Waals surface area (Å²) in [5.41, 5.74) is 6.84. The van der Waals surface area contributed by atoms with Gasteiger partial charge in [-0.1, -0.05) is 30.3 Å². The van der Waals surface area contributed by atoms with Crippen LogP contribution in [0.3, 0.4) is 0 Å². The van der Waals surface area contributed by atoms with Gasteiger partial charge in [-0.15, -0.1) is 0 Å². The Balaban J connectivity index is 2.02. The Kier molecular flexibility index (Phi) is 4.33. The van der Waals surface area contributed by atoms with Gasteiger partial charge in [0.25, 0.3) is 0 Å². The fourth-order valence-electron chi connectivity index (χ4n) is 2.41. The minimum atomic E-state index is -0.594. The molecule has 0 aliphatic carbocycles. The lowest BCUT2D eigenvalue weighted by molar-refractivity contribution is -0.134. The quantitative estimate of drug-likeness (QED) is 0.836. The van der Waals surface area contributed by atoms with E-state index in [9.17, 15) is 9.90 Å². The van der Waals surface area contributed by atoms with E-state index in [0.29, 0.717) is 6.54 Å². The molecule has 0 bridgehead atoms. The van der Waals surface area contributed by atoms with E-state index in [4.69, 9.17) is 5.73 Å². The van der Waals surface area contributed by atoms with Crippen molar-refractivity contribution in [2.24, 2.45) is 11.7 Å². The van der Waals surface area contributed by atoms with Crippen LogP contribution in [0.25, 0.3) is 0 Å². The summed E-state index contributed by atoms with van der Waals surface area (Å²) in [6, 6.07) is 8.82. The van der Waals surface area contributed by atoms with Crippen molar-refractivity contribution < 1.29 is 9.90 Å². The zero-order chi connectivity index (χ0) is 13.0. The normalized spacial score (nSPS) is 21.7. The van der Waals surface area contributed by atoms with Gasteiger partial charge >= 0.3 is 0 Å². The topological polar surface area (TPSA) is 66.6 Å². The van der Waals surface area contributed by atoms with E-state index in [1.807, 2.05) is 30.3 Å². The lowest BCUT2D eigenvalue weighted by Crippen LogP contribution is -2.45.